The number of hydrogen-bond donors (Lipinski definition) is 0. The summed E-state index contributed by atoms with van der Waals surface area (Å²) in [4.78, 5) is 10.9. The van der Waals surface area contributed by atoms with Crippen LogP contribution in [0.25, 0.3) is 0 Å². The number of benzene rings is 1. The Hall–Kier alpha value is -1.22. The first-order valence-electron chi connectivity index (χ1n) is 4.69. The van der Waals surface area contributed by atoms with Gasteiger partial charge in [-0.25, -0.2) is 4.79 Å². The Morgan fingerprint density at radius 2 is 1.80 bits per heavy atom. The molecule has 0 unspecified atom stereocenters. The van der Waals surface area contributed by atoms with Crippen molar-refractivity contribution in [2.45, 2.75) is 19.4 Å². The molecular weight excluding hydrogens is 216 g/mol. The van der Waals surface area contributed by atoms with Crippen molar-refractivity contribution in [2.24, 2.45) is 0 Å². The molecule has 0 aliphatic heterocycles. The van der Waals surface area contributed by atoms with Gasteiger partial charge in [-0.1, -0.05) is 24.3 Å². The number of ether oxygens (including phenoxy) is 2. The summed E-state index contributed by atoms with van der Waals surface area (Å²) in [7, 11) is 0. The van der Waals surface area contributed by atoms with Gasteiger partial charge in [-0.3, -0.25) is 0 Å². The zero-order chi connectivity index (χ0) is 11.1. The standard InChI is InChI=1S/C11H13ClO3/c1-2-14-11(13)15-8-10-5-3-9(7-12)4-6-10/h3-6H,2,7-8H2,1H3. The predicted octanol–water partition coefficient (Wildman–Crippen LogP) is 3.10. The number of carbonyl (C=O) groups excluding carboxylic acids is 1. The first-order chi connectivity index (χ1) is 7.26. The minimum absolute atomic E-state index is 0.224. The van der Waals surface area contributed by atoms with E-state index < -0.39 is 6.16 Å². The molecule has 0 radical (unpaired) electrons. The van der Waals surface area contributed by atoms with Gasteiger partial charge in [0.15, 0.2) is 0 Å². The number of hydrogen-bond acceptors (Lipinski definition) is 3. The Morgan fingerprint density at radius 1 is 1.20 bits per heavy atom. The van der Waals surface area contributed by atoms with Crippen molar-refractivity contribution < 1.29 is 14.3 Å². The van der Waals surface area contributed by atoms with Gasteiger partial charge in [-0.05, 0) is 18.1 Å². The third-order valence-corrected chi connectivity index (χ3v) is 2.10. The molecule has 1 rings (SSSR count). The number of rotatable bonds is 4. The lowest BCUT2D eigenvalue weighted by atomic mass is 10.2. The summed E-state index contributed by atoms with van der Waals surface area (Å²) < 4.78 is 9.47. The molecule has 4 heteroatoms. The molecule has 0 aromatic heterocycles. The Kier molecular flexibility index (Phi) is 4.98. The fourth-order valence-electron chi connectivity index (χ4n) is 1.03. The van der Waals surface area contributed by atoms with E-state index in [-0.39, 0.29) is 6.61 Å². The van der Waals surface area contributed by atoms with Gasteiger partial charge in [0.05, 0.1) is 6.61 Å². The first kappa shape index (κ1) is 11.9. The molecule has 0 bridgehead atoms. The summed E-state index contributed by atoms with van der Waals surface area (Å²) in [6.45, 7) is 2.28. The van der Waals surface area contributed by atoms with Crippen LogP contribution in [0, 0.1) is 0 Å². The van der Waals surface area contributed by atoms with E-state index in [1.807, 2.05) is 24.3 Å². The first-order valence-corrected chi connectivity index (χ1v) is 5.23. The maximum absolute atomic E-state index is 10.9. The molecule has 3 nitrogen and oxygen atoms in total. The zero-order valence-electron chi connectivity index (χ0n) is 8.53. The predicted molar refractivity (Wildman–Crippen MR) is 57.8 cm³/mol. The average Bonchev–Trinajstić information content (AvgIpc) is 2.27. The van der Waals surface area contributed by atoms with Crippen LogP contribution in [-0.2, 0) is 22.0 Å². The van der Waals surface area contributed by atoms with Crippen molar-refractivity contribution in [1.82, 2.24) is 0 Å². The van der Waals surface area contributed by atoms with Gasteiger partial charge in [0.2, 0.25) is 0 Å². The molecule has 15 heavy (non-hydrogen) atoms. The molecule has 0 saturated heterocycles. The van der Waals surface area contributed by atoms with Crippen LogP contribution in [0.3, 0.4) is 0 Å². The lowest BCUT2D eigenvalue weighted by Gasteiger charge is -2.04. The Balaban J connectivity index is 2.40. The highest BCUT2D eigenvalue weighted by Gasteiger charge is 2.02. The highest BCUT2D eigenvalue weighted by Crippen LogP contribution is 2.08. The molecule has 0 aliphatic carbocycles. The van der Waals surface area contributed by atoms with Crippen LogP contribution < -0.4 is 0 Å². The lowest BCUT2D eigenvalue weighted by Crippen LogP contribution is -2.06. The summed E-state index contributed by atoms with van der Waals surface area (Å²) in [5.74, 6) is 0.485. The molecule has 1 aromatic carbocycles. The molecule has 0 atom stereocenters. The van der Waals surface area contributed by atoms with Crippen LogP contribution in [0.15, 0.2) is 24.3 Å². The average molecular weight is 229 g/mol. The SMILES string of the molecule is CCOC(=O)OCc1ccc(CCl)cc1. The van der Waals surface area contributed by atoms with Crippen LogP contribution in [0.2, 0.25) is 0 Å². The smallest absolute Gasteiger partial charge is 0.435 e. The monoisotopic (exact) mass is 228 g/mol. The number of carbonyl (C=O) groups is 1. The second-order valence-electron chi connectivity index (χ2n) is 2.92. The van der Waals surface area contributed by atoms with E-state index in [1.54, 1.807) is 6.92 Å². The maximum atomic E-state index is 10.9. The van der Waals surface area contributed by atoms with E-state index in [0.717, 1.165) is 11.1 Å². The molecule has 0 saturated carbocycles. The molecular formula is C11H13ClO3. The van der Waals surface area contributed by atoms with E-state index in [9.17, 15) is 4.79 Å². The minimum atomic E-state index is -0.640. The molecule has 0 spiro atoms. The van der Waals surface area contributed by atoms with E-state index in [1.165, 1.54) is 0 Å². The molecule has 0 heterocycles. The summed E-state index contributed by atoms with van der Waals surface area (Å²) >= 11 is 5.64. The Bertz CT molecular complexity index is 308. The summed E-state index contributed by atoms with van der Waals surface area (Å²) in [5, 5.41) is 0. The van der Waals surface area contributed by atoms with Crippen LogP contribution >= 0.6 is 11.6 Å². The molecule has 0 N–H and O–H groups in total. The van der Waals surface area contributed by atoms with Gasteiger partial charge in [0, 0.05) is 5.88 Å². The van der Waals surface area contributed by atoms with E-state index >= 15 is 0 Å². The van der Waals surface area contributed by atoms with Crippen molar-refractivity contribution in [3.05, 3.63) is 35.4 Å². The highest BCUT2D eigenvalue weighted by atomic mass is 35.5. The lowest BCUT2D eigenvalue weighted by molar-refractivity contribution is 0.0536. The normalized spacial score (nSPS) is 9.73. The number of alkyl halides is 1. The van der Waals surface area contributed by atoms with Crippen LogP contribution in [0.5, 0.6) is 0 Å². The van der Waals surface area contributed by atoms with Gasteiger partial charge in [-0.2, -0.15) is 0 Å². The summed E-state index contributed by atoms with van der Waals surface area (Å²) in [6.07, 6.45) is -0.640. The molecule has 1 aromatic rings. The third-order valence-electron chi connectivity index (χ3n) is 1.80. The van der Waals surface area contributed by atoms with Crippen LogP contribution in [-0.4, -0.2) is 12.8 Å². The highest BCUT2D eigenvalue weighted by molar-refractivity contribution is 6.17. The largest absolute Gasteiger partial charge is 0.508 e. The molecule has 0 amide bonds. The van der Waals surface area contributed by atoms with Crippen molar-refractivity contribution >= 4 is 17.8 Å². The molecule has 0 fully saturated rings. The van der Waals surface area contributed by atoms with Crippen LogP contribution in [0.4, 0.5) is 4.79 Å². The van der Waals surface area contributed by atoms with E-state index in [0.29, 0.717) is 12.5 Å². The maximum Gasteiger partial charge on any atom is 0.508 e. The van der Waals surface area contributed by atoms with Crippen LogP contribution in [0.1, 0.15) is 18.1 Å². The van der Waals surface area contributed by atoms with Crippen molar-refractivity contribution in [3.63, 3.8) is 0 Å². The van der Waals surface area contributed by atoms with Gasteiger partial charge in [-0.15, -0.1) is 11.6 Å². The van der Waals surface area contributed by atoms with Gasteiger partial charge in [0.1, 0.15) is 6.61 Å². The minimum Gasteiger partial charge on any atom is -0.435 e. The van der Waals surface area contributed by atoms with E-state index in [4.69, 9.17) is 16.3 Å². The van der Waals surface area contributed by atoms with Gasteiger partial charge in [0.25, 0.3) is 0 Å². The Labute approximate surface area is 93.9 Å². The fraction of sp³-hybridized carbons (Fsp3) is 0.364. The van der Waals surface area contributed by atoms with E-state index in [2.05, 4.69) is 4.74 Å². The molecule has 82 valence electrons. The topological polar surface area (TPSA) is 35.5 Å². The quantitative estimate of drug-likeness (QED) is 0.587. The van der Waals surface area contributed by atoms with Crippen molar-refractivity contribution in [2.75, 3.05) is 6.61 Å². The Morgan fingerprint density at radius 3 is 2.33 bits per heavy atom. The zero-order valence-corrected chi connectivity index (χ0v) is 9.29. The third kappa shape index (κ3) is 4.21. The fourth-order valence-corrected chi connectivity index (χ4v) is 1.20. The van der Waals surface area contributed by atoms with Gasteiger partial charge < -0.3 is 9.47 Å². The second kappa shape index (κ2) is 6.30. The summed E-state index contributed by atoms with van der Waals surface area (Å²) in [6, 6.07) is 7.54. The second-order valence-corrected chi connectivity index (χ2v) is 3.19. The van der Waals surface area contributed by atoms with Crippen molar-refractivity contribution in [1.29, 1.82) is 0 Å². The number of halogens is 1. The van der Waals surface area contributed by atoms with Crippen molar-refractivity contribution in [3.8, 4) is 0 Å². The van der Waals surface area contributed by atoms with Gasteiger partial charge >= 0.3 is 6.16 Å². The molecule has 0 aliphatic rings. The summed E-state index contributed by atoms with van der Waals surface area (Å²) in [5.41, 5.74) is 1.95.